The molecule has 0 saturated heterocycles. The molecule has 0 aliphatic carbocycles. The summed E-state index contributed by atoms with van der Waals surface area (Å²) in [6.45, 7) is 0. The quantitative estimate of drug-likeness (QED) is 0.185. The number of aromatic nitrogens is 4. The fourth-order valence-electron chi connectivity index (χ4n) is 5.98. The molecule has 3 heterocycles. The minimum atomic E-state index is -0.819. The molecule has 0 bridgehead atoms. The highest BCUT2D eigenvalue weighted by molar-refractivity contribution is 6.17. The van der Waals surface area contributed by atoms with Gasteiger partial charge in [0.2, 0.25) is 0 Å². The van der Waals surface area contributed by atoms with Crippen LogP contribution >= 0.6 is 0 Å². The maximum Gasteiger partial charge on any atom is 0.166 e. The van der Waals surface area contributed by atoms with Gasteiger partial charge in [0.15, 0.2) is 17.5 Å². The molecule has 10 aromatic rings. The van der Waals surface area contributed by atoms with E-state index in [0.29, 0.717) is 11.1 Å². The zero-order chi connectivity index (χ0) is 48.7. The third-order valence-corrected chi connectivity index (χ3v) is 8.16. The second kappa shape index (κ2) is 11.4. The Balaban J connectivity index is 1.46. The lowest BCUT2D eigenvalue weighted by molar-refractivity contribution is 0.669. The van der Waals surface area contributed by atoms with Crippen LogP contribution in [0.2, 0.25) is 0 Å². The van der Waals surface area contributed by atoms with Gasteiger partial charge in [0.05, 0.1) is 46.8 Å². The molecule has 234 valence electrons. The van der Waals surface area contributed by atoms with E-state index in [1.807, 2.05) is 0 Å². The summed E-state index contributed by atoms with van der Waals surface area (Å²) in [6, 6.07) is 3.94. The maximum absolute atomic E-state index is 9.58. The van der Waals surface area contributed by atoms with Crippen molar-refractivity contribution in [3.8, 4) is 51.0 Å². The number of benzene rings is 7. The van der Waals surface area contributed by atoms with E-state index in [-0.39, 0.29) is 44.7 Å². The topological polar surface area (TPSA) is 56.7 Å². The van der Waals surface area contributed by atoms with Gasteiger partial charge in [-0.3, -0.25) is 0 Å². The van der Waals surface area contributed by atoms with E-state index < -0.39 is 148 Å². The van der Waals surface area contributed by atoms with Crippen LogP contribution in [0.15, 0.2) is 174 Å². The van der Waals surface area contributed by atoms with Crippen LogP contribution in [0, 0.1) is 0 Å². The molecule has 0 radical (unpaired) electrons. The molecule has 0 saturated carbocycles. The third kappa shape index (κ3) is 4.52. The number of nitrogens with zero attached hydrogens (tertiary/aromatic N) is 4. The molecule has 0 aliphatic rings. The van der Waals surface area contributed by atoms with Gasteiger partial charge in [-0.1, -0.05) is 133 Å². The maximum atomic E-state index is 9.58. The normalized spacial score (nSPS) is 16.6. The second-order valence-electron chi connectivity index (χ2n) is 11.1. The molecule has 0 unspecified atom stereocenters. The first kappa shape index (κ1) is 15.6. The van der Waals surface area contributed by atoms with E-state index >= 15 is 0 Å². The monoisotopic (exact) mass is 658 g/mol. The van der Waals surface area contributed by atoms with Crippen molar-refractivity contribution >= 4 is 43.7 Å². The molecule has 0 atom stereocenters. The lowest BCUT2D eigenvalue weighted by Crippen LogP contribution is -2.02. The molecule has 0 aliphatic heterocycles. The molecule has 5 heteroatoms. The summed E-state index contributed by atoms with van der Waals surface area (Å²) in [5.41, 5.74) is -2.82. The molecule has 10 rings (SSSR count). The van der Waals surface area contributed by atoms with Gasteiger partial charge in [-0.05, 0) is 47.4 Å². The Bertz CT molecular complexity index is 3810. The molecular weight excluding hydrogens is 613 g/mol. The number of para-hydroxylation sites is 2. The van der Waals surface area contributed by atoms with Crippen molar-refractivity contribution in [1.82, 2.24) is 19.5 Å². The van der Waals surface area contributed by atoms with E-state index in [2.05, 4.69) is 0 Å². The zero-order valence-electron chi connectivity index (χ0n) is 43.5. The van der Waals surface area contributed by atoms with Crippen molar-refractivity contribution in [3.05, 3.63) is 169 Å². The summed E-state index contributed by atoms with van der Waals surface area (Å²) < 4.78 is 169. The van der Waals surface area contributed by atoms with Crippen molar-refractivity contribution in [2.24, 2.45) is 0 Å². The average molecular weight is 659 g/mol. The van der Waals surface area contributed by atoms with Crippen LogP contribution in [0.5, 0.6) is 0 Å². The summed E-state index contributed by atoms with van der Waals surface area (Å²) in [5, 5.41) is -1.47. The average Bonchev–Trinajstić information content (AvgIpc) is 3.91. The molecule has 7 aromatic carbocycles. The van der Waals surface area contributed by atoms with E-state index in [9.17, 15) is 11.0 Å². The van der Waals surface area contributed by atoms with Crippen molar-refractivity contribution in [2.75, 3.05) is 0 Å². The number of furan rings is 1. The van der Waals surface area contributed by atoms with Crippen molar-refractivity contribution < 1.29 is 29.1 Å². The molecule has 5 nitrogen and oxygen atoms in total. The summed E-state index contributed by atoms with van der Waals surface area (Å²) in [5.74, 6) is -0.0621. The van der Waals surface area contributed by atoms with Gasteiger partial charge >= 0.3 is 0 Å². The Morgan fingerprint density at radius 3 is 1.90 bits per heavy atom. The van der Waals surface area contributed by atoms with E-state index in [4.69, 9.17) is 33.1 Å². The summed E-state index contributed by atoms with van der Waals surface area (Å²) in [6.07, 6.45) is 0. The summed E-state index contributed by atoms with van der Waals surface area (Å²) >= 11 is 0. The third-order valence-electron chi connectivity index (χ3n) is 8.16. The Labute approximate surface area is 313 Å². The fraction of sp³-hybridized carbons (Fsp3) is 0. The Hall–Kier alpha value is -6.85. The first-order chi connectivity index (χ1) is 32.3. The number of rotatable bonds is 5. The van der Waals surface area contributed by atoms with E-state index in [1.54, 1.807) is 60.7 Å². The minimum Gasteiger partial charge on any atom is -0.456 e. The zero-order valence-corrected chi connectivity index (χ0v) is 25.5. The highest BCUT2D eigenvalue weighted by Crippen LogP contribution is 2.42. The molecule has 3 aromatic heterocycles. The van der Waals surface area contributed by atoms with Crippen LogP contribution in [0.3, 0.4) is 0 Å². The molecule has 0 spiro atoms. The predicted molar refractivity (Wildman–Crippen MR) is 203 cm³/mol. The van der Waals surface area contributed by atoms with Crippen LogP contribution in [-0.4, -0.2) is 19.5 Å². The van der Waals surface area contributed by atoms with Gasteiger partial charge in [0.25, 0.3) is 0 Å². The van der Waals surface area contributed by atoms with Gasteiger partial charge in [0, 0.05) is 32.8 Å². The van der Waals surface area contributed by atoms with Crippen LogP contribution < -0.4 is 0 Å². The van der Waals surface area contributed by atoms with Crippen LogP contribution in [0.1, 0.15) is 24.7 Å². The molecule has 50 heavy (non-hydrogen) atoms. The van der Waals surface area contributed by atoms with Crippen LogP contribution in [0.4, 0.5) is 0 Å². The number of hydrogen-bond acceptors (Lipinski definition) is 4. The van der Waals surface area contributed by atoms with E-state index in [0.717, 1.165) is 4.57 Å². The van der Waals surface area contributed by atoms with Crippen LogP contribution in [0.25, 0.3) is 94.7 Å². The Morgan fingerprint density at radius 1 is 0.480 bits per heavy atom. The lowest BCUT2D eigenvalue weighted by Gasteiger charge is -2.13. The lowest BCUT2D eigenvalue weighted by atomic mass is 10.0. The smallest absolute Gasteiger partial charge is 0.166 e. The largest absolute Gasteiger partial charge is 0.456 e. The van der Waals surface area contributed by atoms with Crippen molar-refractivity contribution in [2.45, 2.75) is 0 Å². The van der Waals surface area contributed by atoms with Gasteiger partial charge in [0.1, 0.15) is 11.2 Å². The van der Waals surface area contributed by atoms with Crippen molar-refractivity contribution in [3.63, 3.8) is 0 Å². The summed E-state index contributed by atoms with van der Waals surface area (Å²) in [4.78, 5) is 14.3. The van der Waals surface area contributed by atoms with Crippen molar-refractivity contribution in [1.29, 1.82) is 0 Å². The van der Waals surface area contributed by atoms with Gasteiger partial charge in [-0.2, -0.15) is 0 Å². The number of fused-ring (bicyclic) bond motifs is 6. The standard InChI is InChI=1S/C45H28N4O/c1-4-14-29(15-5-1)32-26-27-35-40(28-32)50-39-25-13-24-38(41(35)39)49-37-23-11-10-20-33(37)34-21-12-22-36(42(34)49)45-47-43(30-16-6-2-7-17-30)46-44(48-45)31-18-8-3-9-19-31/h1-28H/i1D,4D,5D,10D,11D,12D,13D,14D,15D,20D,21D,22D,23D,24D,25D,26D,27D,28D. The predicted octanol–water partition coefficient (Wildman–Crippen LogP) is 11.5. The second-order valence-corrected chi connectivity index (χ2v) is 11.1. The first-order valence-electron chi connectivity index (χ1n) is 24.2. The SMILES string of the molecule is [2H]c1c([2H])c([2H])c(-c2c([2H])c([2H])c3c(oc4c([2H])c([2H])c([2H])c(-n5c6c([2H])c([2H])c([2H])c([2H])c6c6c([2H])c([2H])c([2H])c(-c7nc(-c8ccccc8)nc(-c8ccccc8)n7)c65)c43)c2[2H])c([2H])c1[2H]. The number of hydrogen-bond donors (Lipinski definition) is 0. The fourth-order valence-corrected chi connectivity index (χ4v) is 5.98. The minimum absolute atomic E-state index is 0.103. The van der Waals surface area contributed by atoms with Crippen LogP contribution in [-0.2, 0) is 0 Å². The highest BCUT2D eigenvalue weighted by Gasteiger charge is 2.22. The Kier molecular flexibility index (Phi) is 3.55. The first-order valence-corrected chi connectivity index (χ1v) is 15.2. The van der Waals surface area contributed by atoms with Gasteiger partial charge < -0.3 is 8.98 Å². The molecule has 0 N–H and O–H groups in total. The molecular formula is C45H28N4O. The summed E-state index contributed by atoms with van der Waals surface area (Å²) in [7, 11) is 0. The Morgan fingerprint density at radius 2 is 1.14 bits per heavy atom. The van der Waals surface area contributed by atoms with Gasteiger partial charge in [-0.25, -0.2) is 15.0 Å². The van der Waals surface area contributed by atoms with E-state index in [1.165, 1.54) is 0 Å². The molecule has 0 amide bonds. The molecule has 0 fully saturated rings. The van der Waals surface area contributed by atoms with Gasteiger partial charge in [-0.15, -0.1) is 0 Å². The highest BCUT2D eigenvalue weighted by atomic mass is 16.3.